The van der Waals surface area contributed by atoms with Crippen LogP contribution in [0.4, 0.5) is 0 Å². The molecule has 3 aromatic rings. The van der Waals surface area contributed by atoms with E-state index >= 15 is 0 Å². The summed E-state index contributed by atoms with van der Waals surface area (Å²) in [6, 6.07) is 10.5. The highest BCUT2D eigenvalue weighted by atomic mass is 32.2. The molecular weight excluding hydrogens is 462 g/mol. The van der Waals surface area contributed by atoms with Crippen molar-refractivity contribution in [1.82, 2.24) is 24.9 Å². The SMILES string of the molecule is CCCCNS(=O)(=O)c1ccc2nc(-c3cccnc3)cc(C(=O)NC[C@H]3CCCN3CC)c2c1. The number of nitrogens with zero attached hydrogens (tertiary/aromatic N) is 3. The van der Waals surface area contributed by atoms with Gasteiger partial charge in [0, 0.05) is 42.5 Å². The van der Waals surface area contributed by atoms with Crippen LogP contribution in [0.2, 0.25) is 0 Å². The van der Waals surface area contributed by atoms with Crippen LogP contribution < -0.4 is 10.0 Å². The van der Waals surface area contributed by atoms with Crippen molar-refractivity contribution in [3.63, 3.8) is 0 Å². The monoisotopic (exact) mass is 495 g/mol. The summed E-state index contributed by atoms with van der Waals surface area (Å²) in [5.74, 6) is -0.237. The third-order valence-corrected chi connectivity index (χ3v) is 7.98. The van der Waals surface area contributed by atoms with E-state index in [1.54, 1.807) is 30.6 Å². The molecule has 1 aliphatic rings. The van der Waals surface area contributed by atoms with Crippen LogP contribution >= 0.6 is 0 Å². The first kappa shape index (κ1) is 25.2. The molecule has 3 heterocycles. The highest BCUT2D eigenvalue weighted by molar-refractivity contribution is 7.89. The quantitative estimate of drug-likeness (QED) is 0.417. The average Bonchev–Trinajstić information content (AvgIpc) is 3.34. The molecule has 8 nitrogen and oxygen atoms in total. The van der Waals surface area contributed by atoms with Crippen LogP contribution in [0.3, 0.4) is 0 Å². The number of nitrogens with one attached hydrogen (secondary N) is 2. The molecule has 9 heteroatoms. The highest BCUT2D eigenvalue weighted by Gasteiger charge is 2.24. The molecule has 1 aliphatic heterocycles. The Hall–Kier alpha value is -2.88. The third-order valence-electron chi connectivity index (χ3n) is 6.52. The van der Waals surface area contributed by atoms with Crippen molar-refractivity contribution in [2.24, 2.45) is 0 Å². The van der Waals surface area contributed by atoms with Gasteiger partial charge in [-0.05, 0) is 68.8 Å². The van der Waals surface area contributed by atoms with E-state index in [4.69, 9.17) is 4.98 Å². The summed E-state index contributed by atoms with van der Waals surface area (Å²) in [4.78, 5) is 24.8. The smallest absolute Gasteiger partial charge is 0.252 e. The molecule has 4 rings (SSSR count). The zero-order valence-corrected chi connectivity index (χ0v) is 21.1. The summed E-state index contributed by atoms with van der Waals surface area (Å²) in [5.41, 5.74) is 2.36. The molecule has 0 spiro atoms. The largest absolute Gasteiger partial charge is 0.350 e. The summed E-state index contributed by atoms with van der Waals surface area (Å²) in [7, 11) is -3.69. The van der Waals surface area contributed by atoms with Gasteiger partial charge in [0.25, 0.3) is 5.91 Å². The number of carbonyl (C=O) groups excluding carboxylic acids is 1. The van der Waals surface area contributed by atoms with Crippen LogP contribution in [-0.2, 0) is 10.0 Å². The maximum absolute atomic E-state index is 13.4. The number of rotatable bonds is 10. The summed E-state index contributed by atoms with van der Waals surface area (Å²) in [6.07, 6.45) is 7.21. The van der Waals surface area contributed by atoms with Crippen LogP contribution in [-0.4, -0.2) is 61.4 Å². The summed E-state index contributed by atoms with van der Waals surface area (Å²) >= 11 is 0. The number of sulfonamides is 1. The van der Waals surface area contributed by atoms with Gasteiger partial charge in [0.15, 0.2) is 0 Å². The Bertz CT molecular complexity index is 1280. The minimum absolute atomic E-state index is 0.124. The summed E-state index contributed by atoms with van der Waals surface area (Å²) in [6.45, 7) is 7.06. The first-order valence-corrected chi connectivity index (χ1v) is 13.8. The van der Waals surface area contributed by atoms with E-state index in [-0.39, 0.29) is 10.8 Å². The molecular formula is C26H33N5O3S. The number of fused-ring (bicyclic) bond motifs is 1. The number of amides is 1. The van der Waals surface area contributed by atoms with E-state index < -0.39 is 10.0 Å². The van der Waals surface area contributed by atoms with E-state index in [0.29, 0.717) is 41.3 Å². The Balaban J connectivity index is 1.71. The number of hydrogen-bond acceptors (Lipinski definition) is 6. The second-order valence-corrected chi connectivity index (χ2v) is 10.6. The molecule has 35 heavy (non-hydrogen) atoms. The van der Waals surface area contributed by atoms with E-state index in [0.717, 1.165) is 44.3 Å². The van der Waals surface area contributed by atoms with Crippen LogP contribution in [0.5, 0.6) is 0 Å². The zero-order valence-electron chi connectivity index (χ0n) is 20.3. The molecule has 1 amide bonds. The number of hydrogen-bond donors (Lipinski definition) is 2. The van der Waals surface area contributed by atoms with Crippen molar-refractivity contribution in [3.8, 4) is 11.3 Å². The van der Waals surface area contributed by atoms with Crippen molar-refractivity contribution in [2.45, 2.75) is 50.5 Å². The van der Waals surface area contributed by atoms with Gasteiger partial charge < -0.3 is 5.32 Å². The van der Waals surface area contributed by atoms with Gasteiger partial charge in [0.2, 0.25) is 10.0 Å². The van der Waals surface area contributed by atoms with Gasteiger partial charge in [0.1, 0.15) is 0 Å². The molecule has 1 aromatic carbocycles. The maximum atomic E-state index is 13.4. The van der Waals surface area contributed by atoms with Crippen molar-refractivity contribution in [3.05, 3.63) is 54.4 Å². The number of unbranched alkanes of at least 4 members (excludes halogenated alkanes) is 1. The van der Waals surface area contributed by atoms with Crippen LogP contribution in [0.15, 0.2) is 53.7 Å². The Labute approximate surface area is 207 Å². The minimum atomic E-state index is -3.69. The van der Waals surface area contributed by atoms with Crippen molar-refractivity contribution in [1.29, 1.82) is 0 Å². The van der Waals surface area contributed by atoms with E-state index in [2.05, 4.69) is 26.8 Å². The molecule has 0 radical (unpaired) electrons. The molecule has 2 aromatic heterocycles. The van der Waals surface area contributed by atoms with E-state index in [1.165, 1.54) is 6.07 Å². The van der Waals surface area contributed by atoms with Gasteiger partial charge in [-0.25, -0.2) is 18.1 Å². The van der Waals surface area contributed by atoms with Gasteiger partial charge in [-0.2, -0.15) is 0 Å². The lowest BCUT2D eigenvalue weighted by molar-refractivity contribution is 0.0943. The topological polar surface area (TPSA) is 104 Å². The summed E-state index contributed by atoms with van der Waals surface area (Å²) in [5, 5.41) is 3.59. The minimum Gasteiger partial charge on any atom is -0.350 e. The predicted molar refractivity (Wildman–Crippen MR) is 138 cm³/mol. The number of likely N-dealkylation sites (N-methyl/N-ethyl adjacent to an activating group) is 1. The molecule has 2 N–H and O–H groups in total. The number of benzene rings is 1. The standard InChI is InChI=1S/C26H33N5O3S/c1-3-5-13-29-35(33,34)21-10-11-24-22(15-21)23(16-25(30-24)19-8-6-12-27-17-19)26(32)28-18-20-9-7-14-31(20)4-2/h6,8,10-12,15-17,20,29H,3-5,7,9,13-14,18H2,1-2H3,(H,28,32)/t20-/m1/s1. The zero-order chi connectivity index (χ0) is 24.8. The number of pyridine rings is 2. The first-order valence-electron chi connectivity index (χ1n) is 12.3. The second kappa shape index (κ2) is 11.2. The molecule has 186 valence electrons. The number of likely N-dealkylation sites (tertiary alicyclic amines) is 1. The van der Waals surface area contributed by atoms with E-state index in [1.807, 2.05) is 19.1 Å². The first-order chi connectivity index (χ1) is 16.9. The fourth-order valence-electron chi connectivity index (χ4n) is 4.54. The Morgan fingerprint density at radius 3 is 2.80 bits per heavy atom. The fraction of sp³-hybridized carbons (Fsp3) is 0.423. The van der Waals surface area contributed by atoms with Crippen LogP contribution in [0.1, 0.15) is 49.9 Å². The van der Waals surface area contributed by atoms with Gasteiger partial charge in [-0.1, -0.05) is 20.3 Å². The Morgan fingerprint density at radius 2 is 2.06 bits per heavy atom. The molecule has 0 unspecified atom stereocenters. The molecule has 1 atom stereocenters. The maximum Gasteiger partial charge on any atom is 0.252 e. The molecule has 0 bridgehead atoms. The lowest BCUT2D eigenvalue weighted by Gasteiger charge is -2.23. The van der Waals surface area contributed by atoms with E-state index in [9.17, 15) is 13.2 Å². The number of carbonyl (C=O) groups is 1. The van der Waals surface area contributed by atoms with Gasteiger partial charge in [-0.3, -0.25) is 14.7 Å². The Kier molecular flexibility index (Phi) is 8.10. The second-order valence-electron chi connectivity index (χ2n) is 8.86. The normalized spacial score (nSPS) is 16.6. The molecule has 1 saturated heterocycles. The highest BCUT2D eigenvalue weighted by Crippen LogP contribution is 2.27. The van der Waals surface area contributed by atoms with Gasteiger partial charge in [0.05, 0.1) is 21.7 Å². The fourth-order valence-corrected chi connectivity index (χ4v) is 5.64. The van der Waals surface area contributed by atoms with Crippen LogP contribution in [0, 0.1) is 0 Å². The molecule has 0 aliphatic carbocycles. The Morgan fingerprint density at radius 1 is 1.20 bits per heavy atom. The molecule has 1 fully saturated rings. The van der Waals surface area contributed by atoms with Crippen molar-refractivity contribution in [2.75, 3.05) is 26.2 Å². The number of aromatic nitrogens is 2. The lowest BCUT2D eigenvalue weighted by Crippen LogP contribution is -2.40. The third kappa shape index (κ3) is 5.86. The molecule has 0 saturated carbocycles. The van der Waals surface area contributed by atoms with Crippen molar-refractivity contribution >= 4 is 26.8 Å². The van der Waals surface area contributed by atoms with Gasteiger partial charge >= 0.3 is 0 Å². The summed E-state index contributed by atoms with van der Waals surface area (Å²) < 4.78 is 28.3. The predicted octanol–water partition coefficient (Wildman–Crippen LogP) is 3.59. The lowest BCUT2D eigenvalue weighted by atomic mass is 10.0. The van der Waals surface area contributed by atoms with Crippen molar-refractivity contribution < 1.29 is 13.2 Å². The van der Waals surface area contributed by atoms with Gasteiger partial charge in [-0.15, -0.1) is 0 Å². The average molecular weight is 496 g/mol. The van der Waals surface area contributed by atoms with Crippen LogP contribution in [0.25, 0.3) is 22.2 Å².